The van der Waals surface area contributed by atoms with Gasteiger partial charge in [-0.25, -0.2) is 0 Å². The van der Waals surface area contributed by atoms with Crippen molar-refractivity contribution in [1.29, 1.82) is 0 Å². The van der Waals surface area contributed by atoms with Crippen molar-refractivity contribution in [2.75, 3.05) is 26.2 Å². The predicted molar refractivity (Wildman–Crippen MR) is 98.9 cm³/mol. The van der Waals surface area contributed by atoms with Crippen molar-refractivity contribution in [2.24, 2.45) is 17.6 Å². The first-order chi connectivity index (χ1) is 12.1. The maximum Gasteiger partial charge on any atom is 0.223 e. The highest BCUT2D eigenvalue weighted by atomic mass is 16.2. The SMILES string of the molecule is N[C@@H]1CCC[C@H]1CC(=O)N1CCN(C(=O)CCC2CCCCC2)CC1. The van der Waals surface area contributed by atoms with Crippen LogP contribution in [0.2, 0.25) is 0 Å². The largest absolute Gasteiger partial charge is 0.339 e. The summed E-state index contributed by atoms with van der Waals surface area (Å²) < 4.78 is 0. The number of piperazine rings is 1. The minimum absolute atomic E-state index is 0.201. The lowest BCUT2D eigenvalue weighted by atomic mass is 9.86. The van der Waals surface area contributed by atoms with Gasteiger partial charge in [-0.2, -0.15) is 0 Å². The summed E-state index contributed by atoms with van der Waals surface area (Å²) in [5.74, 6) is 1.64. The Labute approximate surface area is 152 Å². The van der Waals surface area contributed by atoms with Gasteiger partial charge in [-0.1, -0.05) is 38.5 Å². The summed E-state index contributed by atoms with van der Waals surface area (Å²) in [6.07, 6.45) is 12.3. The molecule has 2 atom stereocenters. The Kier molecular flexibility index (Phi) is 6.74. The van der Waals surface area contributed by atoms with Gasteiger partial charge in [-0.15, -0.1) is 0 Å². The van der Waals surface area contributed by atoms with Crippen molar-refractivity contribution < 1.29 is 9.59 Å². The van der Waals surface area contributed by atoms with Crippen molar-refractivity contribution in [3.63, 3.8) is 0 Å². The lowest BCUT2D eigenvalue weighted by molar-refractivity contribution is -0.140. The molecule has 0 aromatic carbocycles. The van der Waals surface area contributed by atoms with Crippen LogP contribution in [0.4, 0.5) is 0 Å². The van der Waals surface area contributed by atoms with E-state index in [1.54, 1.807) is 0 Å². The van der Waals surface area contributed by atoms with E-state index in [0.29, 0.717) is 44.9 Å². The molecule has 0 bridgehead atoms. The zero-order valence-corrected chi connectivity index (χ0v) is 15.6. The molecule has 142 valence electrons. The zero-order chi connectivity index (χ0) is 17.6. The van der Waals surface area contributed by atoms with E-state index in [9.17, 15) is 9.59 Å². The minimum Gasteiger partial charge on any atom is -0.339 e. The fraction of sp³-hybridized carbons (Fsp3) is 0.900. The molecule has 2 aliphatic carbocycles. The number of hydrogen-bond donors (Lipinski definition) is 1. The Morgan fingerprint density at radius 2 is 1.44 bits per heavy atom. The molecule has 0 radical (unpaired) electrons. The van der Waals surface area contributed by atoms with Crippen LogP contribution in [-0.2, 0) is 9.59 Å². The van der Waals surface area contributed by atoms with Crippen LogP contribution in [0.3, 0.4) is 0 Å². The highest BCUT2D eigenvalue weighted by Crippen LogP contribution is 2.28. The number of hydrogen-bond acceptors (Lipinski definition) is 3. The number of amides is 2. The van der Waals surface area contributed by atoms with E-state index in [1.807, 2.05) is 9.80 Å². The number of rotatable bonds is 5. The zero-order valence-electron chi connectivity index (χ0n) is 15.6. The van der Waals surface area contributed by atoms with E-state index >= 15 is 0 Å². The van der Waals surface area contributed by atoms with Gasteiger partial charge in [0.2, 0.25) is 11.8 Å². The predicted octanol–water partition coefficient (Wildman–Crippen LogP) is 2.54. The molecule has 3 rings (SSSR count). The smallest absolute Gasteiger partial charge is 0.223 e. The summed E-state index contributed by atoms with van der Waals surface area (Å²) in [6.45, 7) is 2.78. The maximum atomic E-state index is 12.5. The molecule has 0 unspecified atom stereocenters. The standard InChI is InChI=1S/C20H35N3O2/c21-18-8-4-7-17(18)15-20(25)23-13-11-22(12-14-23)19(24)10-9-16-5-2-1-3-6-16/h16-18H,1-15,21H2/t17-,18+/m0/s1. The molecule has 3 aliphatic rings. The highest BCUT2D eigenvalue weighted by molar-refractivity contribution is 5.78. The molecule has 25 heavy (non-hydrogen) atoms. The third-order valence-corrected chi connectivity index (χ3v) is 6.63. The second-order valence-electron chi connectivity index (χ2n) is 8.36. The van der Waals surface area contributed by atoms with E-state index < -0.39 is 0 Å². The molecule has 0 spiro atoms. The molecule has 2 N–H and O–H groups in total. The Hall–Kier alpha value is -1.10. The fourth-order valence-electron chi connectivity index (χ4n) is 4.84. The molecule has 2 amide bonds. The first kappa shape index (κ1) is 18.7. The Morgan fingerprint density at radius 3 is 2.04 bits per heavy atom. The number of nitrogens with two attached hydrogens (primary N) is 1. The van der Waals surface area contributed by atoms with Gasteiger partial charge >= 0.3 is 0 Å². The van der Waals surface area contributed by atoms with Crippen LogP contribution in [-0.4, -0.2) is 53.8 Å². The van der Waals surface area contributed by atoms with E-state index in [0.717, 1.165) is 31.6 Å². The normalized spacial score (nSPS) is 28.4. The molecular formula is C20H35N3O2. The van der Waals surface area contributed by atoms with E-state index in [4.69, 9.17) is 5.73 Å². The molecule has 5 nitrogen and oxygen atoms in total. The summed E-state index contributed by atoms with van der Waals surface area (Å²) in [4.78, 5) is 28.8. The van der Waals surface area contributed by atoms with E-state index in [1.165, 1.54) is 32.1 Å². The van der Waals surface area contributed by atoms with Crippen molar-refractivity contribution in [3.8, 4) is 0 Å². The summed E-state index contributed by atoms with van der Waals surface area (Å²) in [6, 6.07) is 0.201. The van der Waals surface area contributed by atoms with Gasteiger partial charge in [-0.05, 0) is 31.1 Å². The molecule has 5 heteroatoms. The lowest BCUT2D eigenvalue weighted by Gasteiger charge is -2.36. The van der Waals surface area contributed by atoms with Gasteiger partial charge in [0.15, 0.2) is 0 Å². The van der Waals surface area contributed by atoms with Gasteiger partial charge in [0.1, 0.15) is 0 Å². The monoisotopic (exact) mass is 349 g/mol. The molecule has 2 saturated carbocycles. The summed E-state index contributed by atoms with van der Waals surface area (Å²) in [5.41, 5.74) is 6.09. The quantitative estimate of drug-likeness (QED) is 0.829. The van der Waals surface area contributed by atoms with Crippen molar-refractivity contribution in [1.82, 2.24) is 9.80 Å². The fourth-order valence-corrected chi connectivity index (χ4v) is 4.84. The summed E-state index contributed by atoms with van der Waals surface area (Å²) >= 11 is 0. The third-order valence-electron chi connectivity index (χ3n) is 6.63. The van der Waals surface area contributed by atoms with E-state index in [2.05, 4.69) is 0 Å². The molecule has 1 heterocycles. The first-order valence-electron chi connectivity index (χ1n) is 10.4. The van der Waals surface area contributed by atoms with Crippen LogP contribution < -0.4 is 5.73 Å². The number of carbonyl (C=O) groups is 2. The second kappa shape index (κ2) is 9.02. The minimum atomic E-state index is 0.201. The number of carbonyl (C=O) groups excluding carboxylic acids is 2. The van der Waals surface area contributed by atoms with Gasteiger partial charge < -0.3 is 15.5 Å². The molecular weight excluding hydrogens is 314 g/mol. The van der Waals surface area contributed by atoms with E-state index in [-0.39, 0.29) is 17.9 Å². The van der Waals surface area contributed by atoms with Crippen LogP contribution in [0.1, 0.15) is 70.6 Å². The Morgan fingerprint density at radius 1 is 0.800 bits per heavy atom. The second-order valence-corrected chi connectivity index (χ2v) is 8.36. The third kappa shape index (κ3) is 5.19. The van der Waals surface area contributed by atoms with Crippen LogP contribution in [0.5, 0.6) is 0 Å². The molecule has 1 aliphatic heterocycles. The lowest BCUT2D eigenvalue weighted by Crippen LogP contribution is -2.51. The molecule has 3 fully saturated rings. The van der Waals surface area contributed by atoms with Gasteiger partial charge in [0.05, 0.1) is 0 Å². The molecule has 1 saturated heterocycles. The average molecular weight is 350 g/mol. The first-order valence-corrected chi connectivity index (χ1v) is 10.4. The highest BCUT2D eigenvalue weighted by Gasteiger charge is 2.30. The van der Waals surface area contributed by atoms with Crippen LogP contribution >= 0.6 is 0 Å². The Bertz CT molecular complexity index is 454. The van der Waals surface area contributed by atoms with Crippen molar-refractivity contribution >= 4 is 11.8 Å². The number of nitrogens with zero attached hydrogens (tertiary/aromatic N) is 2. The average Bonchev–Trinajstić information content (AvgIpc) is 3.05. The van der Waals surface area contributed by atoms with Gasteiger partial charge in [0.25, 0.3) is 0 Å². The van der Waals surface area contributed by atoms with Gasteiger partial charge in [-0.3, -0.25) is 9.59 Å². The summed E-state index contributed by atoms with van der Waals surface area (Å²) in [5, 5.41) is 0. The summed E-state index contributed by atoms with van der Waals surface area (Å²) in [7, 11) is 0. The molecule has 0 aromatic rings. The Balaban J connectivity index is 1.36. The maximum absolute atomic E-state index is 12.5. The molecule has 0 aromatic heterocycles. The van der Waals surface area contributed by atoms with Crippen molar-refractivity contribution in [3.05, 3.63) is 0 Å². The van der Waals surface area contributed by atoms with Crippen LogP contribution in [0, 0.1) is 11.8 Å². The van der Waals surface area contributed by atoms with Gasteiger partial charge in [0, 0.05) is 45.1 Å². The van der Waals surface area contributed by atoms with Crippen LogP contribution in [0.15, 0.2) is 0 Å². The topological polar surface area (TPSA) is 66.6 Å². The van der Waals surface area contributed by atoms with Crippen molar-refractivity contribution in [2.45, 2.75) is 76.7 Å². The van der Waals surface area contributed by atoms with Crippen LogP contribution in [0.25, 0.3) is 0 Å².